The third kappa shape index (κ3) is 2.65. The molecule has 25 heavy (non-hydrogen) atoms. The van der Waals surface area contributed by atoms with E-state index in [-0.39, 0.29) is 0 Å². The van der Waals surface area contributed by atoms with E-state index in [1.165, 1.54) is 0 Å². The van der Waals surface area contributed by atoms with Gasteiger partial charge in [-0.25, -0.2) is 9.59 Å². The van der Waals surface area contributed by atoms with Gasteiger partial charge in [0, 0.05) is 11.1 Å². The third-order valence-corrected chi connectivity index (χ3v) is 3.39. The molecule has 0 radical (unpaired) electrons. The lowest BCUT2D eigenvalue weighted by atomic mass is 9.92. The number of methoxy groups -OCH3 is 1. The highest BCUT2D eigenvalue weighted by Gasteiger charge is 2.31. The largest absolute Gasteiger partial charge is 0.504 e. The minimum absolute atomic E-state index is 0.567. The van der Waals surface area contributed by atoms with Crippen LogP contribution >= 0.6 is 0 Å². The molecular weight excluding hydrogens is 340 g/mol. The molecule has 10 nitrogen and oxygen atoms in total. The number of aromatic carboxylic acids is 1. The Balaban J connectivity index is 3.06. The van der Waals surface area contributed by atoms with Crippen molar-refractivity contribution >= 4 is 11.9 Å². The molecule has 0 fully saturated rings. The van der Waals surface area contributed by atoms with E-state index < -0.39 is 68.7 Å². The fraction of sp³-hybridized carbons (Fsp3) is 0.0667. The first-order valence-corrected chi connectivity index (χ1v) is 6.49. The van der Waals surface area contributed by atoms with Gasteiger partial charge < -0.3 is 40.5 Å². The highest BCUT2D eigenvalue weighted by atomic mass is 16.5. The summed E-state index contributed by atoms with van der Waals surface area (Å²) in [5.74, 6) is -9.28. The number of carbonyl (C=O) groups excluding carboxylic acids is 1. The highest BCUT2D eigenvalue weighted by Crippen LogP contribution is 2.52. The summed E-state index contributed by atoms with van der Waals surface area (Å²) in [5.41, 5.74) is -2.93. The van der Waals surface area contributed by atoms with Crippen molar-refractivity contribution in [3.63, 3.8) is 0 Å². The van der Waals surface area contributed by atoms with Crippen molar-refractivity contribution in [3.05, 3.63) is 23.3 Å². The number of ether oxygens (including phenoxy) is 1. The number of aromatic hydroxyl groups is 6. The van der Waals surface area contributed by atoms with E-state index in [1.54, 1.807) is 0 Å². The predicted octanol–water partition coefficient (Wildman–Crippen LogP) is 1.07. The van der Waals surface area contributed by atoms with Crippen molar-refractivity contribution in [2.24, 2.45) is 0 Å². The normalized spacial score (nSPS) is 10.4. The molecule has 10 heteroatoms. The number of carbonyl (C=O) groups is 2. The maximum absolute atomic E-state index is 11.9. The van der Waals surface area contributed by atoms with Crippen LogP contribution in [0.5, 0.6) is 34.5 Å². The highest BCUT2D eigenvalue weighted by molar-refractivity contribution is 6.07. The molecule has 7 N–H and O–H groups in total. The van der Waals surface area contributed by atoms with Crippen LogP contribution in [0.3, 0.4) is 0 Å². The molecular formula is C15H12O10. The van der Waals surface area contributed by atoms with Gasteiger partial charge in [0.1, 0.15) is 0 Å². The number of hydrogen-bond donors (Lipinski definition) is 7. The van der Waals surface area contributed by atoms with Crippen molar-refractivity contribution in [1.82, 2.24) is 0 Å². The van der Waals surface area contributed by atoms with E-state index in [2.05, 4.69) is 4.74 Å². The van der Waals surface area contributed by atoms with Gasteiger partial charge in [0.2, 0.25) is 11.5 Å². The Kier molecular flexibility index (Phi) is 4.21. The molecule has 0 saturated heterocycles. The van der Waals surface area contributed by atoms with Gasteiger partial charge in [-0.15, -0.1) is 0 Å². The van der Waals surface area contributed by atoms with Gasteiger partial charge in [-0.2, -0.15) is 0 Å². The van der Waals surface area contributed by atoms with Gasteiger partial charge in [-0.05, 0) is 12.1 Å². The van der Waals surface area contributed by atoms with Crippen LogP contribution in [0.2, 0.25) is 0 Å². The molecule has 2 rings (SSSR count). The van der Waals surface area contributed by atoms with E-state index in [1.807, 2.05) is 0 Å². The number of esters is 1. The van der Waals surface area contributed by atoms with Crippen LogP contribution in [0.1, 0.15) is 20.7 Å². The zero-order valence-corrected chi connectivity index (χ0v) is 12.5. The van der Waals surface area contributed by atoms with Crippen LogP contribution in [0.4, 0.5) is 0 Å². The van der Waals surface area contributed by atoms with Crippen molar-refractivity contribution in [2.45, 2.75) is 0 Å². The molecule has 0 atom stereocenters. The fourth-order valence-electron chi connectivity index (χ4n) is 2.23. The Labute approximate surface area is 139 Å². The van der Waals surface area contributed by atoms with Crippen LogP contribution in [-0.4, -0.2) is 54.8 Å². The molecule has 0 bridgehead atoms. The lowest BCUT2D eigenvalue weighted by Crippen LogP contribution is -2.07. The number of benzene rings is 2. The first-order valence-electron chi connectivity index (χ1n) is 6.49. The summed E-state index contributed by atoms with van der Waals surface area (Å²) >= 11 is 0. The molecule has 0 aromatic heterocycles. The summed E-state index contributed by atoms with van der Waals surface area (Å²) in [6, 6.07) is 1.24. The molecule has 132 valence electrons. The van der Waals surface area contributed by atoms with E-state index in [9.17, 15) is 45.3 Å². The molecule has 0 aliphatic heterocycles. The van der Waals surface area contributed by atoms with Crippen molar-refractivity contribution in [3.8, 4) is 45.6 Å². The standard InChI is InChI=1S/C15H12O10/c1-25-15(24)5-3-7(17)11(19)13(21)9(5)8-4(14(22)23)2-6(16)10(18)12(8)20/h2-3,16-21H,1H3,(H,22,23). The summed E-state index contributed by atoms with van der Waals surface area (Å²) in [7, 11) is 0.958. The Morgan fingerprint density at radius 3 is 1.56 bits per heavy atom. The van der Waals surface area contributed by atoms with Crippen molar-refractivity contribution in [1.29, 1.82) is 0 Å². The van der Waals surface area contributed by atoms with Crippen LogP contribution in [0, 0.1) is 0 Å². The Morgan fingerprint density at radius 1 is 0.760 bits per heavy atom. The summed E-state index contributed by atoms with van der Waals surface area (Å²) in [6.07, 6.45) is 0. The average molecular weight is 352 g/mol. The van der Waals surface area contributed by atoms with Crippen LogP contribution in [0.25, 0.3) is 11.1 Å². The quantitative estimate of drug-likeness (QED) is 0.311. The summed E-state index contributed by atoms with van der Waals surface area (Å²) in [5, 5.41) is 67.7. The van der Waals surface area contributed by atoms with Crippen LogP contribution < -0.4 is 0 Å². The number of phenolic OH excluding ortho intramolecular Hbond substituents is 6. The molecule has 0 unspecified atom stereocenters. The summed E-state index contributed by atoms with van der Waals surface area (Å²) in [4.78, 5) is 23.3. The lowest BCUT2D eigenvalue weighted by Gasteiger charge is -2.17. The smallest absolute Gasteiger partial charge is 0.338 e. The number of carboxylic acid groups (broad SMARTS) is 1. The minimum atomic E-state index is -1.69. The van der Waals surface area contributed by atoms with Crippen LogP contribution in [-0.2, 0) is 4.74 Å². The second kappa shape index (κ2) is 6.00. The van der Waals surface area contributed by atoms with Gasteiger partial charge in [-0.1, -0.05) is 0 Å². The molecule has 0 spiro atoms. The monoisotopic (exact) mass is 352 g/mol. The second-order valence-electron chi connectivity index (χ2n) is 4.83. The van der Waals surface area contributed by atoms with Gasteiger partial charge in [0.25, 0.3) is 0 Å². The summed E-state index contributed by atoms with van der Waals surface area (Å²) < 4.78 is 4.46. The Bertz CT molecular complexity index is 900. The third-order valence-electron chi connectivity index (χ3n) is 3.39. The maximum Gasteiger partial charge on any atom is 0.338 e. The maximum atomic E-state index is 11.9. The molecule has 2 aromatic carbocycles. The number of phenols is 6. The first kappa shape index (κ1) is 17.5. The van der Waals surface area contributed by atoms with Crippen molar-refractivity contribution in [2.75, 3.05) is 7.11 Å². The lowest BCUT2D eigenvalue weighted by molar-refractivity contribution is 0.0599. The summed E-state index contributed by atoms with van der Waals surface area (Å²) in [6.45, 7) is 0. The zero-order chi connectivity index (χ0) is 19.0. The zero-order valence-electron chi connectivity index (χ0n) is 12.5. The van der Waals surface area contributed by atoms with Crippen molar-refractivity contribution < 1.29 is 50.1 Å². The van der Waals surface area contributed by atoms with E-state index >= 15 is 0 Å². The topological polar surface area (TPSA) is 185 Å². The predicted molar refractivity (Wildman–Crippen MR) is 80.2 cm³/mol. The van der Waals surface area contributed by atoms with E-state index in [0.29, 0.717) is 12.1 Å². The SMILES string of the molecule is COC(=O)c1cc(O)c(O)c(O)c1-c1c(C(=O)O)cc(O)c(O)c1O. The number of hydrogen-bond acceptors (Lipinski definition) is 9. The molecule has 0 aliphatic rings. The molecule has 0 amide bonds. The fourth-order valence-corrected chi connectivity index (χ4v) is 2.23. The minimum Gasteiger partial charge on any atom is -0.504 e. The van der Waals surface area contributed by atoms with Gasteiger partial charge in [0.15, 0.2) is 23.0 Å². The molecule has 0 aliphatic carbocycles. The second-order valence-corrected chi connectivity index (χ2v) is 4.83. The number of rotatable bonds is 3. The molecule has 0 heterocycles. The molecule has 2 aromatic rings. The van der Waals surface area contributed by atoms with Gasteiger partial charge >= 0.3 is 11.9 Å². The first-order chi connectivity index (χ1) is 11.6. The number of carboxylic acids is 1. The average Bonchev–Trinajstić information content (AvgIpc) is 2.57. The Hall–Kier alpha value is -3.82. The van der Waals surface area contributed by atoms with Gasteiger partial charge in [0.05, 0.1) is 18.2 Å². The van der Waals surface area contributed by atoms with E-state index in [4.69, 9.17) is 0 Å². The van der Waals surface area contributed by atoms with Crippen LogP contribution in [0.15, 0.2) is 12.1 Å². The van der Waals surface area contributed by atoms with Gasteiger partial charge in [-0.3, -0.25) is 0 Å². The molecule has 0 saturated carbocycles. The Morgan fingerprint density at radius 2 is 1.16 bits per heavy atom. The van der Waals surface area contributed by atoms with E-state index in [0.717, 1.165) is 7.11 Å².